The molecule has 0 heterocycles. The van der Waals surface area contributed by atoms with Crippen LogP contribution in [0.1, 0.15) is 17.0 Å². The van der Waals surface area contributed by atoms with Gasteiger partial charge in [0, 0.05) is 17.5 Å². The number of nitrogens with one attached hydrogen (secondary N) is 1. The Balaban J connectivity index is 1.76. The molecule has 6 nitrogen and oxygen atoms in total. The second kappa shape index (κ2) is 7.03. The van der Waals surface area contributed by atoms with E-state index in [0.717, 1.165) is 12.0 Å². The minimum atomic E-state index is -3.85. The van der Waals surface area contributed by atoms with Crippen LogP contribution in [-0.4, -0.2) is 27.5 Å². The van der Waals surface area contributed by atoms with Crippen molar-refractivity contribution in [3.63, 3.8) is 0 Å². The molecular formula is C17H17ClN2O4S. The maximum atomic E-state index is 12.6. The van der Waals surface area contributed by atoms with Gasteiger partial charge in [-0.15, -0.1) is 0 Å². The summed E-state index contributed by atoms with van der Waals surface area (Å²) in [5.74, 6) is -0.526. The van der Waals surface area contributed by atoms with Gasteiger partial charge in [-0.1, -0.05) is 35.9 Å². The van der Waals surface area contributed by atoms with Crippen LogP contribution in [0.15, 0.2) is 47.4 Å². The average Bonchev–Trinajstić information content (AvgIpc) is 2.54. The number of fused-ring (bicyclic) bond motifs is 1. The van der Waals surface area contributed by atoms with Gasteiger partial charge in [0.2, 0.25) is 10.0 Å². The molecule has 0 bridgehead atoms. The van der Waals surface area contributed by atoms with Crippen LogP contribution in [0.2, 0.25) is 5.02 Å². The molecule has 8 heteroatoms. The van der Waals surface area contributed by atoms with E-state index >= 15 is 0 Å². The van der Waals surface area contributed by atoms with Gasteiger partial charge >= 0.3 is 0 Å². The molecule has 1 amide bonds. The maximum absolute atomic E-state index is 12.6. The third-order valence-corrected chi connectivity index (χ3v) is 5.73. The molecule has 1 unspecified atom stereocenters. The van der Waals surface area contributed by atoms with Gasteiger partial charge in [0.1, 0.15) is 10.6 Å². The molecule has 1 aliphatic rings. The lowest BCUT2D eigenvalue weighted by atomic mass is 9.78. The van der Waals surface area contributed by atoms with E-state index in [9.17, 15) is 13.2 Å². The number of hydrogen-bond donors (Lipinski definition) is 2. The molecule has 0 saturated heterocycles. The van der Waals surface area contributed by atoms with Crippen LogP contribution in [0.3, 0.4) is 0 Å². The zero-order valence-electron chi connectivity index (χ0n) is 13.2. The summed E-state index contributed by atoms with van der Waals surface area (Å²) in [7, 11) is -3.85. The van der Waals surface area contributed by atoms with E-state index in [2.05, 4.69) is 4.72 Å². The first kappa shape index (κ1) is 17.7. The summed E-state index contributed by atoms with van der Waals surface area (Å²) >= 11 is 5.91. The molecule has 3 rings (SSSR count). The Kier molecular flexibility index (Phi) is 4.99. The summed E-state index contributed by atoms with van der Waals surface area (Å²) < 4.78 is 33.1. The summed E-state index contributed by atoms with van der Waals surface area (Å²) in [6, 6.07) is 12.1. The highest BCUT2D eigenvalue weighted by molar-refractivity contribution is 7.89. The predicted molar refractivity (Wildman–Crippen MR) is 94.2 cm³/mol. The molecule has 0 aliphatic heterocycles. The van der Waals surface area contributed by atoms with E-state index < -0.39 is 22.5 Å². The predicted octanol–water partition coefficient (Wildman–Crippen LogP) is 1.82. The van der Waals surface area contributed by atoms with Crippen molar-refractivity contribution in [3.8, 4) is 5.75 Å². The highest BCUT2D eigenvalue weighted by Gasteiger charge is 2.28. The Morgan fingerprint density at radius 3 is 2.76 bits per heavy atom. The number of rotatable bonds is 7. The van der Waals surface area contributed by atoms with Gasteiger partial charge in [-0.3, -0.25) is 4.79 Å². The fourth-order valence-corrected chi connectivity index (χ4v) is 4.28. The fraction of sp³-hybridized carbons (Fsp3) is 0.235. The van der Waals surface area contributed by atoms with Gasteiger partial charge in [-0.05, 0) is 35.7 Å². The molecule has 25 heavy (non-hydrogen) atoms. The molecule has 2 aromatic rings. The van der Waals surface area contributed by atoms with Crippen molar-refractivity contribution in [1.82, 2.24) is 4.72 Å². The number of sulfonamides is 1. The molecule has 1 aliphatic carbocycles. The van der Waals surface area contributed by atoms with E-state index in [4.69, 9.17) is 22.1 Å². The molecule has 0 radical (unpaired) electrons. The number of nitrogens with two attached hydrogens (primary N) is 1. The molecule has 132 valence electrons. The largest absolute Gasteiger partial charge is 0.482 e. The lowest BCUT2D eigenvalue weighted by molar-refractivity contribution is -0.120. The van der Waals surface area contributed by atoms with Crippen LogP contribution in [-0.2, 0) is 21.2 Å². The quantitative estimate of drug-likeness (QED) is 0.765. The van der Waals surface area contributed by atoms with Crippen molar-refractivity contribution in [2.45, 2.75) is 17.2 Å². The highest BCUT2D eigenvalue weighted by atomic mass is 35.5. The minimum Gasteiger partial charge on any atom is -0.482 e. The number of ether oxygens (including phenoxy) is 1. The SMILES string of the molecule is NC(=O)COc1ccc(Cl)cc1S(=O)(=O)NCC1Cc2ccccc21. The molecular weight excluding hydrogens is 364 g/mol. The van der Waals surface area contributed by atoms with Gasteiger partial charge in [0.15, 0.2) is 6.61 Å². The first-order chi connectivity index (χ1) is 11.9. The van der Waals surface area contributed by atoms with E-state index in [1.165, 1.54) is 23.8 Å². The van der Waals surface area contributed by atoms with E-state index in [1.807, 2.05) is 24.3 Å². The molecule has 0 aromatic heterocycles. The van der Waals surface area contributed by atoms with Crippen molar-refractivity contribution in [2.24, 2.45) is 5.73 Å². The van der Waals surface area contributed by atoms with Crippen LogP contribution in [0, 0.1) is 0 Å². The summed E-state index contributed by atoms with van der Waals surface area (Å²) in [6.45, 7) is -0.138. The second-order valence-corrected chi connectivity index (χ2v) is 7.97. The summed E-state index contributed by atoms with van der Waals surface area (Å²) in [6.07, 6.45) is 0.833. The molecule has 0 fully saturated rings. The standard InChI is InChI=1S/C17H17ClN2O4S/c18-13-5-6-15(24-10-17(19)21)16(8-13)25(22,23)20-9-12-7-11-3-1-2-4-14(11)12/h1-6,8,12,20H,7,9-10H2,(H2,19,21). The Morgan fingerprint density at radius 2 is 2.04 bits per heavy atom. The van der Waals surface area contributed by atoms with Crippen molar-refractivity contribution >= 4 is 27.5 Å². The highest BCUT2D eigenvalue weighted by Crippen LogP contribution is 2.35. The summed E-state index contributed by atoms with van der Waals surface area (Å²) in [5.41, 5.74) is 7.43. The van der Waals surface area contributed by atoms with Crippen molar-refractivity contribution in [3.05, 3.63) is 58.6 Å². The lowest BCUT2D eigenvalue weighted by Crippen LogP contribution is -2.33. The summed E-state index contributed by atoms with van der Waals surface area (Å²) in [4.78, 5) is 10.8. The minimum absolute atomic E-state index is 0.0321. The number of halogens is 1. The number of carbonyl (C=O) groups is 1. The Bertz CT molecular complexity index is 915. The Labute approximate surface area is 151 Å². The van der Waals surface area contributed by atoms with E-state index in [-0.39, 0.29) is 28.1 Å². The monoisotopic (exact) mass is 380 g/mol. The third kappa shape index (κ3) is 3.95. The third-order valence-electron chi connectivity index (χ3n) is 4.05. The number of hydrogen-bond acceptors (Lipinski definition) is 4. The van der Waals surface area contributed by atoms with Crippen molar-refractivity contribution in [1.29, 1.82) is 0 Å². The molecule has 3 N–H and O–H groups in total. The Hall–Kier alpha value is -2.09. The number of primary amides is 1. The first-order valence-electron chi connectivity index (χ1n) is 7.65. The summed E-state index contributed by atoms with van der Waals surface area (Å²) in [5, 5.41) is 0.251. The van der Waals surface area contributed by atoms with E-state index in [1.54, 1.807) is 0 Å². The van der Waals surface area contributed by atoms with Crippen LogP contribution >= 0.6 is 11.6 Å². The molecule has 0 spiro atoms. The first-order valence-corrected chi connectivity index (χ1v) is 9.51. The van der Waals surface area contributed by atoms with E-state index in [0.29, 0.717) is 0 Å². The molecule has 1 atom stereocenters. The number of carbonyl (C=O) groups excluding carboxylic acids is 1. The van der Waals surface area contributed by atoms with Gasteiger partial charge in [0.05, 0.1) is 0 Å². The van der Waals surface area contributed by atoms with Crippen LogP contribution in [0.5, 0.6) is 5.75 Å². The lowest BCUT2D eigenvalue weighted by Gasteiger charge is -2.30. The van der Waals surface area contributed by atoms with Gasteiger partial charge in [-0.2, -0.15) is 0 Å². The van der Waals surface area contributed by atoms with Crippen molar-refractivity contribution < 1.29 is 17.9 Å². The normalized spacial score (nSPS) is 16.0. The smallest absolute Gasteiger partial charge is 0.255 e. The van der Waals surface area contributed by atoms with Gasteiger partial charge < -0.3 is 10.5 Å². The van der Waals surface area contributed by atoms with Crippen LogP contribution in [0.4, 0.5) is 0 Å². The maximum Gasteiger partial charge on any atom is 0.255 e. The topological polar surface area (TPSA) is 98.5 Å². The second-order valence-electron chi connectivity index (χ2n) is 5.80. The zero-order chi connectivity index (χ0) is 18.0. The van der Waals surface area contributed by atoms with Gasteiger partial charge in [0.25, 0.3) is 5.91 Å². The number of amides is 1. The van der Waals surface area contributed by atoms with Gasteiger partial charge in [-0.25, -0.2) is 13.1 Å². The Morgan fingerprint density at radius 1 is 1.28 bits per heavy atom. The average molecular weight is 381 g/mol. The van der Waals surface area contributed by atoms with Crippen LogP contribution < -0.4 is 15.2 Å². The molecule has 0 saturated carbocycles. The van der Waals surface area contributed by atoms with Crippen molar-refractivity contribution in [2.75, 3.05) is 13.2 Å². The number of benzene rings is 2. The fourth-order valence-electron chi connectivity index (χ4n) is 2.79. The van der Waals surface area contributed by atoms with Crippen LogP contribution in [0.25, 0.3) is 0 Å². The molecule has 2 aromatic carbocycles. The zero-order valence-corrected chi connectivity index (χ0v) is 14.8.